The Bertz CT molecular complexity index is 578. The number of benzene rings is 1. The molecule has 2 nitrogen and oxygen atoms in total. The molecule has 0 aliphatic rings. The van der Waals surface area contributed by atoms with Crippen molar-refractivity contribution >= 4 is 54.7 Å². The van der Waals surface area contributed by atoms with E-state index in [1.165, 1.54) is 29.5 Å². The van der Waals surface area contributed by atoms with Crippen LogP contribution in [0.25, 0.3) is 0 Å². The van der Waals surface area contributed by atoms with Crippen LogP contribution in [0.3, 0.4) is 0 Å². The molecule has 6 heteroatoms. The molecular formula is C11H6Br2FNOS. The standard InChI is InChI=1S/C11H6Br2FNOS/c12-7-4-9(17-11(7)13)10(16)6-3-5(15)1-2-8(6)14/h1-4H,15H2. The molecule has 0 fully saturated rings. The van der Waals surface area contributed by atoms with Crippen molar-refractivity contribution in [1.29, 1.82) is 0 Å². The van der Waals surface area contributed by atoms with Gasteiger partial charge in [0.05, 0.1) is 14.2 Å². The lowest BCUT2D eigenvalue weighted by atomic mass is 10.1. The average Bonchev–Trinajstić information content (AvgIpc) is 2.62. The number of carbonyl (C=O) groups excluding carboxylic acids is 1. The Morgan fingerprint density at radius 1 is 1.29 bits per heavy atom. The zero-order valence-corrected chi connectivity index (χ0v) is 12.3. The lowest BCUT2D eigenvalue weighted by Gasteiger charge is -2.01. The highest BCUT2D eigenvalue weighted by Gasteiger charge is 2.17. The molecule has 0 saturated heterocycles. The zero-order valence-electron chi connectivity index (χ0n) is 8.34. The third kappa shape index (κ3) is 2.59. The smallest absolute Gasteiger partial charge is 0.206 e. The Labute approximate surface area is 118 Å². The second-order valence-electron chi connectivity index (χ2n) is 3.30. The summed E-state index contributed by atoms with van der Waals surface area (Å²) in [6, 6.07) is 5.62. The minimum absolute atomic E-state index is 0.00810. The van der Waals surface area contributed by atoms with E-state index in [1.54, 1.807) is 6.07 Å². The molecule has 88 valence electrons. The van der Waals surface area contributed by atoms with Gasteiger partial charge in [-0.1, -0.05) is 0 Å². The maximum atomic E-state index is 13.5. The van der Waals surface area contributed by atoms with Crippen LogP contribution >= 0.6 is 43.2 Å². The fraction of sp³-hybridized carbons (Fsp3) is 0. The van der Waals surface area contributed by atoms with E-state index in [4.69, 9.17) is 5.73 Å². The number of hydrogen-bond acceptors (Lipinski definition) is 3. The third-order valence-corrected chi connectivity index (χ3v) is 5.36. The summed E-state index contributed by atoms with van der Waals surface area (Å²) in [6.07, 6.45) is 0. The summed E-state index contributed by atoms with van der Waals surface area (Å²) in [5.41, 5.74) is 5.90. The molecule has 1 aromatic heterocycles. The number of anilines is 1. The molecule has 0 amide bonds. The van der Waals surface area contributed by atoms with Gasteiger partial charge in [-0.2, -0.15) is 0 Å². The highest BCUT2D eigenvalue weighted by molar-refractivity contribution is 9.13. The lowest BCUT2D eigenvalue weighted by molar-refractivity contribution is 0.103. The third-order valence-electron chi connectivity index (χ3n) is 2.10. The Morgan fingerprint density at radius 2 is 2.00 bits per heavy atom. The number of hydrogen-bond donors (Lipinski definition) is 1. The summed E-state index contributed by atoms with van der Waals surface area (Å²) in [4.78, 5) is 12.5. The summed E-state index contributed by atoms with van der Waals surface area (Å²) >= 11 is 7.82. The highest BCUT2D eigenvalue weighted by Crippen LogP contribution is 2.33. The van der Waals surface area contributed by atoms with Gasteiger partial charge < -0.3 is 5.73 Å². The number of rotatable bonds is 2. The summed E-state index contributed by atoms with van der Waals surface area (Å²) < 4.78 is 15.1. The minimum atomic E-state index is -0.565. The van der Waals surface area contributed by atoms with Crippen LogP contribution in [0.5, 0.6) is 0 Å². The molecule has 0 spiro atoms. The van der Waals surface area contributed by atoms with Crippen molar-refractivity contribution in [2.24, 2.45) is 0 Å². The second-order valence-corrected chi connectivity index (χ2v) is 6.53. The van der Waals surface area contributed by atoms with Crippen molar-refractivity contribution in [1.82, 2.24) is 0 Å². The van der Waals surface area contributed by atoms with Gasteiger partial charge in [0.2, 0.25) is 5.78 Å². The largest absolute Gasteiger partial charge is 0.399 e. The van der Waals surface area contributed by atoms with Gasteiger partial charge in [-0.25, -0.2) is 4.39 Å². The molecule has 0 atom stereocenters. The van der Waals surface area contributed by atoms with E-state index < -0.39 is 5.82 Å². The van der Waals surface area contributed by atoms with E-state index in [0.29, 0.717) is 10.6 Å². The molecule has 1 heterocycles. The van der Waals surface area contributed by atoms with E-state index in [9.17, 15) is 9.18 Å². The molecule has 2 rings (SSSR count). The van der Waals surface area contributed by atoms with Gasteiger partial charge in [0.25, 0.3) is 0 Å². The molecule has 0 aliphatic carbocycles. The van der Waals surface area contributed by atoms with Gasteiger partial charge >= 0.3 is 0 Å². The molecule has 0 saturated carbocycles. The van der Waals surface area contributed by atoms with Crippen LogP contribution in [-0.4, -0.2) is 5.78 Å². The van der Waals surface area contributed by atoms with Crippen LogP contribution in [0, 0.1) is 5.82 Å². The quantitative estimate of drug-likeness (QED) is 0.627. The molecule has 0 bridgehead atoms. The summed E-state index contributed by atoms with van der Waals surface area (Å²) in [7, 11) is 0. The maximum Gasteiger partial charge on any atom is 0.206 e. The van der Waals surface area contributed by atoms with Crippen LogP contribution in [-0.2, 0) is 0 Å². The molecule has 17 heavy (non-hydrogen) atoms. The normalized spacial score (nSPS) is 10.5. The van der Waals surface area contributed by atoms with Gasteiger partial charge in [0, 0.05) is 10.2 Å². The van der Waals surface area contributed by atoms with Crippen LogP contribution in [0.1, 0.15) is 15.2 Å². The number of halogens is 3. The number of thiophene rings is 1. The predicted molar refractivity (Wildman–Crippen MR) is 74.0 cm³/mol. The summed E-state index contributed by atoms with van der Waals surface area (Å²) in [6.45, 7) is 0. The van der Waals surface area contributed by atoms with E-state index in [-0.39, 0.29) is 11.3 Å². The first-order valence-corrected chi connectivity index (χ1v) is 6.94. The number of nitrogens with two attached hydrogens (primary N) is 1. The monoisotopic (exact) mass is 377 g/mol. The van der Waals surface area contributed by atoms with Crippen LogP contribution in [0.15, 0.2) is 32.5 Å². The average molecular weight is 379 g/mol. The van der Waals surface area contributed by atoms with Gasteiger partial charge in [-0.05, 0) is 56.1 Å². The van der Waals surface area contributed by atoms with Crippen molar-refractivity contribution in [2.45, 2.75) is 0 Å². The fourth-order valence-corrected chi connectivity index (χ4v) is 3.30. The molecule has 1 aromatic carbocycles. The first-order chi connectivity index (χ1) is 7.99. The zero-order chi connectivity index (χ0) is 12.6. The number of ketones is 1. The van der Waals surface area contributed by atoms with Crippen LogP contribution < -0.4 is 5.73 Å². The SMILES string of the molecule is Nc1ccc(F)c(C(=O)c2cc(Br)c(Br)s2)c1. The van der Waals surface area contributed by atoms with E-state index >= 15 is 0 Å². The number of carbonyl (C=O) groups is 1. The first kappa shape index (κ1) is 12.7. The molecule has 0 unspecified atom stereocenters. The van der Waals surface area contributed by atoms with Crippen molar-refractivity contribution in [3.63, 3.8) is 0 Å². The molecule has 0 aliphatic heterocycles. The highest BCUT2D eigenvalue weighted by atomic mass is 79.9. The molecule has 0 radical (unpaired) electrons. The topological polar surface area (TPSA) is 43.1 Å². The minimum Gasteiger partial charge on any atom is -0.399 e. The summed E-state index contributed by atoms with van der Waals surface area (Å²) in [5, 5.41) is 0. The van der Waals surface area contributed by atoms with Gasteiger partial charge in [-0.3, -0.25) is 4.79 Å². The second kappa shape index (κ2) is 4.88. The van der Waals surface area contributed by atoms with Gasteiger partial charge in [0.15, 0.2) is 0 Å². The van der Waals surface area contributed by atoms with Crippen molar-refractivity contribution in [3.05, 3.63) is 48.8 Å². The Kier molecular flexibility index (Phi) is 3.65. The summed E-state index contributed by atoms with van der Waals surface area (Å²) in [5.74, 6) is -0.934. The molecule has 2 aromatic rings. The lowest BCUT2D eigenvalue weighted by Crippen LogP contribution is -2.03. The van der Waals surface area contributed by atoms with Gasteiger partial charge in [0.1, 0.15) is 5.82 Å². The van der Waals surface area contributed by atoms with Crippen molar-refractivity contribution in [2.75, 3.05) is 5.73 Å². The van der Waals surface area contributed by atoms with Crippen molar-refractivity contribution < 1.29 is 9.18 Å². The van der Waals surface area contributed by atoms with Crippen LogP contribution in [0.4, 0.5) is 10.1 Å². The van der Waals surface area contributed by atoms with E-state index in [2.05, 4.69) is 31.9 Å². The first-order valence-electron chi connectivity index (χ1n) is 4.53. The Morgan fingerprint density at radius 3 is 2.59 bits per heavy atom. The maximum absolute atomic E-state index is 13.5. The fourth-order valence-electron chi connectivity index (χ4n) is 1.31. The van der Waals surface area contributed by atoms with Crippen molar-refractivity contribution in [3.8, 4) is 0 Å². The molecular weight excluding hydrogens is 373 g/mol. The van der Waals surface area contributed by atoms with Crippen LogP contribution in [0.2, 0.25) is 0 Å². The van der Waals surface area contributed by atoms with Gasteiger partial charge in [-0.15, -0.1) is 11.3 Å². The Balaban J connectivity index is 2.47. The van der Waals surface area contributed by atoms with E-state index in [0.717, 1.165) is 8.26 Å². The predicted octanol–water partition coefficient (Wildman–Crippen LogP) is 4.23. The Hall–Kier alpha value is -0.720. The van der Waals surface area contributed by atoms with E-state index in [1.807, 2.05) is 0 Å². The number of nitrogen functional groups attached to an aromatic ring is 1. The molecule has 2 N–H and O–H groups in total.